The first-order valence-electron chi connectivity index (χ1n) is 6.85. The number of anilines is 2. The Kier molecular flexibility index (Phi) is 3.93. The van der Waals surface area contributed by atoms with E-state index in [1.165, 1.54) is 25.7 Å². The standard InChI is InChI=1S/C14H21N3O2/c1-2-14(8-3-4-9-14)10-16-12-7-5-6-11(15)13(12)17(18)19/h5-7,16H,2-4,8-10,15H2,1H3. The molecular formula is C14H21N3O2. The molecule has 0 bridgehead atoms. The van der Waals surface area contributed by atoms with Crippen LogP contribution in [0.2, 0.25) is 0 Å². The molecule has 104 valence electrons. The van der Waals surface area contributed by atoms with Gasteiger partial charge < -0.3 is 11.1 Å². The van der Waals surface area contributed by atoms with Gasteiger partial charge in [-0.05, 0) is 36.8 Å². The molecule has 0 saturated heterocycles. The third-order valence-corrected chi connectivity index (χ3v) is 4.32. The molecule has 0 aromatic heterocycles. The lowest BCUT2D eigenvalue weighted by molar-refractivity contribution is -0.383. The van der Waals surface area contributed by atoms with Crippen molar-refractivity contribution in [1.29, 1.82) is 0 Å². The zero-order chi connectivity index (χ0) is 13.9. The maximum absolute atomic E-state index is 11.1. The van der Waals surface area contributed by atoms with Gasteiger partial charge in [-0.1, -0.05) is 25.8 Å². The predicted molar refractivity (Wildman–Crippen MR) is 77.2 cm³/mol. The largest absolute Gasteiger partial charge is 0.393 e. The lowest BCUT2D eigenvalue weighted by Crippen LogP contribution is -2.26. The second kappa shape index (κ2) is 5.47. The normalized spacial score (nSPS) is 17.3. The Bertz CT molecular complexity index is 468. The van der Waals surface area contributed by atoms with Crippen LogP contribution < -0.4 is 11.1 Å². The highest BCUT2D eigenvalue weighted by Gasteiger charge is 2.32. The van der Waals surface area contributed by atoms with Crippen molar-refractivity contribution < 1.29 is 4.92 Å². The highest BCUT2D eigenvalue weighted by Crippen LogP contribution is 2.41. The molecule has 3 N–H and O–H groups in total. The van der Waals surface area contributed by atoms with Crippen LogP contribution in [0.1, 0.15) is 39.0 Å². The summed E-state index contributed by atoms with van der Waals surface area (Å²) in [7, 11) is 0. The summed E-state index contributed by atoms with van der Waals surface area (Å²) in [6.07, 6.45) is 6.03. The number of nitrogens with one attached hydrogen (secondary N) is 1. The molecule has 1 aromatic carbocycles. The molecular weight excluding hydrogens is 242 g/mol. The number of nitro benzene ring substituents is 1. The smallest absolute Gasteiger partial charge is 0.314 e. The van der Waals surface area contributed by atoms with Crippen LogP contribution in [-0.4, -0.2) is 11.5 Å². The molecule has 0 heterocycles. The van der Waals surface area contributed by atoms with Crippen LogP contribution in [0, 0.1) is 15.5 Å². The minimum Gasteiger partial charge on any atom is -0.393 e. The van der Waals surface area contributed by atoms with Gasteiger partial charge in [0.1, 0.15) is 11.4 Å². The van der Waals surface area contributed by atoms with Crippen molar-refractivity contribution in [2.24, 2.45) is 5.41 Å². The molecule has 0 spiro atoms. The Morgan fingerprint density at radius 3 is 2.68 bits per heavy atom. The van der Waals surface area contributed by atoms with E-state index in [0.717, 1.165) is 13.0 Å². The summed E-state index contributed by atoms with van der Waals surface area (Å²) in [5.74, 6) is 0. The Morgan fingerprint density at radius 1 is 1.42 bits per heavy atom. The number of rotatable bonds is 5. The highest BCUT2D eigenvalue weighted by molar-refractivity contribution is 5.74. The van der Waals surface area contributed by atoms with Crippen molar-refractivity contribution >= 4 is 17.1 Å². The molecule has 0 radical (unpaired) electrons. The van der Waals surface area contributed by atoms with Gasteiger partial charge in [0, 0.05) is 6.54 Å². The number of nitrogens with zero attached hydrogens (tertiary/aromatic N) is 1. The lowest BCUT2D eigenvalue weighted by Gasteiger charge is -2.28. The zero-order valence-electron chi connectivity index (χ0n) is 11.3. The van der Waals surface area contributed by atoms with Gasteiger partial charge in [-0.25, -0.2) is 0 Å². The van der Waals surface area contributed by atoms with Gasteiger partial charge in [-0.15, -0.1) is 0 Å². The van der Waals surface area contributed by atoms with E-state index in [1.807, 2.05) is 0 Å². The zero-order valence-corrected chi connectivity index (χ0v) is 11.3. The molecule has 2 rings (SSSR count). The van der Waals surface area contributed by atoms with Crippen LogP contribution in [-0.2, 0) is 0 Å². The highest BCUT2D eigenvalue weighted by atomic mass is 16.6. The first-order chi connectivity index (χ1) is 9.08. The van der Waals surface area contributed by atoms with E-state index < -0.39 is 4.92 Å². The molecule has 1 aliphatic rings. The average molecular weight is 263 g/mol. The number of nitrogen functional groups attached to an aromatic ring is 1. The van der Waals surface area contributed by atoms with Crippen molar-refractivity contribution in [3.05, 3.63) is 28.3 Å². The molecule has 1 aromatic rings. The number of nitrogens with two attached hydrogens (primary N) is 1. The second-order valence-corrected chi connectivity index (χ2v) is 5.41. The van der Waals surface area contributed by atoms with Crippen LogP contribution in [0.4, 0.5) is 17.1 Å². The molecule has 1 saturated carbocycles. The van der Waals surface area contributed by atoms with E-state index in [-0.39, 0.29) is 11.4 Å². The van der Waals surface area contributed by atoms with Crippen LogP contribution in [0.25, 0.3) is 0 Å². The summed E-state index contributed by atoms with van der Waals surface area (Å²) >= 11 is 0. The molecule has 0 aliphatic heterocycles. The van der Waals surface area contributed by atoms with Gasteiger partial charge in [0.25, 0.3) is 0 Å². The van der Waals surface area contributed by atoms with Gasteiger partial charge in [-0.2, -0.15) is 0 Å². The fraction of sp³-hybridized carbons (Fsp3) is 0.571. The van der Waals surface area contributed by atoms with Gasteiger partial charge in [0.15, 0.2) is 0 Å². The van der Waals surface area contributed by atoms with Crippen molar-refractivity contribution in [2.45, 2.75) is 39.0 Å². The van der Waals surface area contributed by atoms with E-state index in [9.17, 15) is 10.1 Å². The number of para-hydroxylation sites is 1. The number of hydrogen-bond donors (Lipinski definition) is 2. The summed E-state index contributed by atoms with van der Waals surface area (Å²) < 4.78 is 0. The monoisotopic (exact) mass is 263 g/mol. The predicted octanol–water partition coefficient (Wildman–Crippen LogP) is 3.56. The SMILES string of the molecule is CCC1(CNc2cccc(N)c2[N+](=O)[O-])CCCC1. The lowest BCUT2D eigenvalue weighted by atomic mass is 9.83. The van der Waals surface area contributed by atoms with E-state index >= 15 is 0 Å². The van der Waals surface area contributed by atoms with E-state index in [4.69, 9.17) is 5.73 Å². The maximum atomic E-state index is 11.1. The van der Waals surface area contributed by atoms with Crippen molar-refractivity contribution in [3.63, 3.8) is 0 Å². The van der Waals surface area contributed by atoms with Crippen LogP contribution in [0.3, 0.4) is 0 Å². The van der Waals surface area contributed by atoms with E-state index in [1.54, 1.807) is 18.2 Å². The minimum atomic E-state index is -0.412. The number of hydrogen-bond acceptors (Lipinski definition) is 4. The molecule has 1 aliphatic carbocycles. The minimum absolute atomic E-state index is 0.00764. The maximum Gasteiger partial charge on any atom is 0.314 e. The number of nitro groups is 1. The van der Waals surface area contributed by atoms with Gasteiger partial charge in [0.2, 0.25) is 0 Å². The summed E-state index contributed by atoms with van der Waals surface area (Å²) in [5, 5.41) is 14.3. The van der Waals surface area contributed by atoms with Crippen LogP contribution in [0.15, 0.2) is 18.2 Å². The van der Waals surface area contributed by atoms with Gasteiger partial charge in [0.05, 0.1) is 4.92 Å². The molecule has 5 nitrogen and oxygen atoms in total. The summed E-state index contributed by atoms with van der Waals surface area (Å²) in [5.41, 5.74) is 6.72. The first-order valence-corrected chi connectivity index (χ1v) is 6.85. The summed E-state index contributed by atoms with van der Waals surface area (Å²) in [4.78, 5) is 10.7. The third-order valence-electron chi connectivity index (χ3n) is 4.32. The Hall–Kier alpha value is -1.78. The van der Waals surface area contributed by atoms with Crippen LogP contribution in [0.5, 0.6) is 0 Å². The van der Waals surface area contributed by atoms with E-state index in [0.29, 0.717) is 11.1 Å². The third kappa shape index (κ3) is 2.80. The Morgan fingerprint density at radius 2 is 2.11 bits per heavy atom. The number of benzene rings is 1. The molecule has 5 heteroatoms. The average Bonchev–Trinajstić information content (AvgIpc) is 2.85. The molecule has 0 unspecified atom stereocenters. The van der Waals surface area contributed by atoms with Crippen LogP contribution >= 0.6 is 0 Å². The molecule has 0 atom stereocenters. The second-order valence-electron chi connectivity index (χ2n) is 5.41. The topological polar surface area (TPSA) is 81.2 Å². The first kappa shape index (κ1) is 13.6. The fourth-order valence-corrected chi connectivity index (χ4v) is 2.97. The molecule has 19 heavy (non-hydrogen) atoms. The summed E-state index contributed by atoms with van der Waals surface area (Å²) in [6, 6.07) is 5.04. The molecule has 0 amide bonds. The van der Waals surface area contributed by atoms with Crippen molar-refractivity contribution in [3.8, 4) is 0 Å². The Labute approximate surface area is 113 Å². The van der Waals surface area contributed by atoms with E-state index in [2.05, 4.69) is 12.2 Å². The van der Waals surface area contributed by atoms with Gasteiger partial charge >= 0.3 is 5.69 Å². The molecule has 1 fully saturated rings. The van der Waals surface area contributed by atoms with Crippen molar-refractivity contribution in [1.82, 2.24) is 0 Å². The van der Waals surface area contributed by atoms with Crippen molar-refractivity contribution in [2.75, 3.05) is 17.6 Å². The Balaban J connectivity index is 2.15. The fourth-order valence-electron chi connectivity index (χ4n) is 2.97. The quantitative estimate of drug-likeness (QED) is 0.483. The van der Waals surface area contributed by atoms with Gasteiger partial charge in [-0.3, -0.25) is 10.1 Å². The summed E-state index contributed by atoms with van der Waals surface area (Å²) in [6.45, 7) is 2.98.